The zero-order valence-electron chi connectivity index (χ0n) is 6.76. The van der Waals surface area contributed by atoms with Gasteiger partial charge < -0.3 is 4.52 Å². The molecule has 5 nitrogen and oxygen atoms in total. The fourth-order valence-corrected chi connectivity index (χ4v) is 1.90. The van der Waals surface area contributed by atoms with Crippen LogP contribution in [0.2, 0.25) is 0 Å². The lowest BCUT2D eigenvalue weighted by Crippen LogP contribution is -1.97. The van der Waals surface area contributed by atoms with Crippen molar-refractivity contribution >= 4 is 20.9 Å². The molecule has 68 valence electrons. The van der Waals surface area contributed by atoms with Crippen molar-refractivity contribution in [3.05, 3.63) is 18.2 Å². The monoisotopic (exact) mass is 198 g/mol. The molecule has 0 aliphatic carbocycles. The van der Waals surface area contributed by atoms with Crippen LogP contribution in [0.1, 0.15) is 0 Å². The van der Waals surface area contributed by atoms with E-state index in [1.54, 1.807) is 12.1 Å². The number of sulfone groups is 1. The topological polar surface area (TPSA) is 73.1 Å². The molecule has 13 heavy (non-hydrogen) atoms. The third-order valence-electron chi connectivity index (χ3n) is 1.64. The van der Waals surface area contributed by atoms with E-state index in [4.69, 9.17) is 4.52 Å². The molecule has 0 aliphatic rings. The molecule has 0 unspecified atom stereocenters. The van der Waals surface area contributed by atoms with Crippen molar-refractivity contribution in [3.63, 3.8) is 0 Å². The molecule has 1 heterocycles. The smallest absolute Gasteiger partial charge is 0.188 e. The molecule has 2 aromatic rings. The Morgan fingerprint density at radius 2 is 2.15 bits per heavy atom. The van der Waals surface area contributed by atoms with Gasteiger partial charge in [0.05, 0.1) is 4.90 Å². The van der Waals surface area contributed by atoms with Crippen LogP contribution in [-0.2, 0) is 9.84 Å². The van der Waals surface area contributed by atoms with Crippen LogP contribution in [0.4, 0.5) is 0 Å². The summed E-state index contributed by atoms with van der Waals surface area (Å²) in [6.45, 7) is 0. The van der Waals surface area contributed by atoms with Crippen LogP contribution < -0.4 is 0 Å². The zero-order chi connectivity index (χ0) is 9.47. The van der Waals surface area contributed by atoms with E-state index >= 15 is 0 Å². The highest BCUT2D eigenvalue weighted by molar-refractivity contribution is 7.91. The van der Waals surface area contributed by atoms with Crippen molar-refractivity contribution < 1.29 is 12.9 Å². The number of nitrogens with zero attached hydrogens (tertiary/aromatic N) is 2. The second kappa shape index (κ2) is 2.53. The number of benzene rings is 1. The maximum absolute atomic E-state index is 11.2. The molecule has 0 saturated heterocycles. The largest absolute Gasteiger partial charge is 0.337 e. The number of hydrogen-bond acceptors (Lipinski definition) is 5. The Hall–Kier alpha value is -1.43. The zero-order valence-corrected chi connectivity index (χ0v) is 7.58. The summed E-state index contributed by atoms with van der Waals surface area (Å²) in [5.41, 5.74) is 0.660. The summed E-state index contributed by atoms with van der Waals surface area (Å²) in [6.07, 6.45) is 1.12. The van der Waals surface area contributed by atoms with Gasteiger partial charge in [-0.1, -0.05) is 6.07 Å². The minimum atomic E-state index is -3.26. The van der Waals surface area contributed by atoms with E-state index in [0.29, 0.717) is 5.58 Å². The molecule has 1 aromatic carbocycles. The highest BCUT2D eigenvalue weighted by atomic mass is 32.2. The third-order valence-corrected chi connectivity index (χ3v) is 2.77. The van der Waals surface area contributed by atoms with Gasteiger partial charge in [-0.25, -0.2) is 8.42 Å². The molecule has 2 rings (SSSR count). The minimum absolute atomic E-state index is 0.145. The summed E-state index contributed by atoms with van der Waals surface area (Å²) in [6, 6.07) is 4.68. The molecule has 0 fully saturated rings. The molecular formula is C7H6N2O3S. The van der Waals surface area contributed by atoms with Gasteiger partial charge in [-0.2, -0.15) is 0 Å². The Balaban J connectivity index is 2.91. The van der Waals surface area contributed by atoms with Gasteiger partial charge in [0.15, 0.2) is 20.9 Å². The maximum atomic E-state index is 11.2. The Kier molecular flexibility index (Phi) is 1.59. The lowest BCUT2D eigenvalue weighted by atomic mass is 10.3. The van der Waals surface area contributed by atoms with Gasteiger partial charge in [0.2, 0.25) is 0 Å². The van der Waals surface area contributed by atoms with E-state index in [-0.39, 0.29) is 10.4 Å². The van der Waals surface area contributed by atoms with Crippen molar-refractivity contribution in [1.29, 1.82) is 0 Å². The van der Waals surface area contributed by atoms with Gasteiger partial charge in [-0.05, 0) is 12.1 Å². The molecule has 0 spiro atoms. The van der Waals surface area contributed by atoms with Crippen LogP contribution in [0.3, 0.4) is 0 Å². The first-order chi connectivity index (χ1) is 6.09. The second-order valence-corrected chi connectivity index (χ2v) is 4.63. The van der Waals surface area contributed by atoms with Crippen LogP contribution in [-0.4, -0.2) is 25.0 Å². The quantitative estimate of drug-likeness (QED) is 0.671. The average molecular weight is 198 g/mol. The van der Waals surface area contributed by atoms with Gasteiger partial charge in [0.1, 0.15) is 0 Å². The van der Waals surface area contributed by atoms with Crippen molar-refractivity contribution in [2.45, 2.75) is 4.90 Å². The lowest BCUT2D eigenvalue weighted by Gasteiger charge is -1.95. The summed E-state index contributed by atoms with van der Waals surface area (Å²) < 4.78 is 27.2. The summed E-state index contributed by atoms with van der Waals surface area (Å²) >= 11 is 0. The summed E-state index contributed by atoms with van der Waals surface area (Å²) in [5.74, 6) is 0. The Morgan fingerprint density at radius 1 is 1.38 bits per heavy atom. The van der Waals surface area contributed by atoms with Gasteiger partial charge in [-0.15, -0.1) is 5.10 Å². The van der Waals surface area contributed by atoms with Gasteiger partial charge >= 0.3 is 0 Å². The second-order valence-electron chi connectivity index (χ2n) is 2.65. The molecular weight excluding hydrogens is 192 g/mol. The van der Waals surface area contributed by atoms with Gasteiger partial charge in [-0.3, -0.25) is 0 Å². The van der Waals surface area contributed by atoms with Crippen molar-refractivity contribution in [2.24, 2.45) is 0 Å². The van der Waals surface area contributed by atoms with E-state index in [1.165, 1.54) is 6.07 Å². The van der Waals surface area contributed by atoms with Crippen molar-refractivity contribution in [2.75, 3.05) is 6.26 Å². The standard InChI is InChI=1S/C7H6N2O3S/c1-13(10,11)6-4-2-3-5-7(6)8-9-12-5/h2-4H,1H3. The van der Waals surface area contributed by atoms with Crippen LogP contribution in [0.25, 0.3) is 11.1 Å². The van der Waals surface area contributed by atoms with E-state index in [2.05, 4.69) is 10.4 Å². The predicted molar refractivity (Wildman–Crippen MR) is 44.9 cm³/mol. The van der Waals surface area contributed by atoms with Crippen molar-refractivity contribution in [3.8, 4) is 0 Å². The summed E-state index contributed by atoms with van der Waals surface area (Å²) in [7, 11) is -3.26. The molecule has 0 amide bonds. The average Bonchev–Trinajstić information content (AvgIpc) is 2.48. The SMILES string of the molecule is CS(=O)(=O)c1cccc2onnc12. The molecule has 0 saturated carbocycles. The first kappa shape index (κ1) is 8.18. The first-order valence-electron chi connectivity index (χ1n) is 3.50. The van der Waals surface area contributed by atoms with E-state index in [9.17, 15) is 8.42 Å². The Labute approximate surface area is 74.3 Å². The summed E-state index contributed by atoms with van der Waals surface area (Å²) in [4.78, 5) is 0.145. The number of aromatic nitrogens is 2. The Morgan fingerprint density at radius 3 is 2.85 bits per heavy atom. The fourth-order valence-electron chi connectivity index (χ4n) is 1.08. The predicted octanol–water partition coefficient (Wildman–Crippen LogP) is 0.626. The van der Waals surface area contributed by atoms with Crippen LogP contribution >= 0.6 is 0 Å². The molecule has 0 radical (unpaired) electrons. The maximum Gasteiger partial charge on any atom is 0.188 e. The van der Waals surface area contributed by atoms with Crippen LogP contribution in [0.15, 0.2) is 27.6 Å². The van der Waals surface area contributed by atoms with Crippen LogP contribution in [0, 0.1) is 0 Å². The first-order valence-corrected chi connectivity index (χ1v) is 5.39. The highest BCUT2D eigenvalue weighted by Crippen LogP contribution is 2.19. The van der Waals surface area contributed by atoms with E-state index in [0.717, 1.165) is 6.26 Å². The molecule has 0 aliphatic heterocycles. The highest BCUT2D eigenvalue weighted by Gasteiger charge is 2.14. The number of hydrogen-bond donors (Lipinski definition) is 0. The van der Waals surface area contributed by atoms with Gasteiger partial charge in [0, 0.05) is 11.5 Å². The summed E-state index contributed by atoms with van der Waals surface area (Å²) in [5, 5.41) is 6.88. The third kappa shape index (κ3) is 1.29. The van der Waals surface area contributed by atoms with Crippen molar-refractivity contribution in [1.82, 2.24) is 10.4 Å². The minimum Gasteiger partial charge on any atom is -0.337 e. The van der Waals surface area contributed by atoms with E-state index in [1.807, 2.05) is 0 Å². The Bertz CT molecular complexity index is 544. The molecule has 0 atom stereocenters. The number of fused-ring (bicyclic) bond motifs is 1. The lowest BCUT2D eigenvalue weighted by molar-refractivity contribution is 0.424. The van der Waals surface area contributed by atoms with Gasteiger partial charge in [0.25, 0.3) is 0 Å². The molecule has 6 heteroatoms. The van der Waals surface area contributed by atoms with E-state index < -0.39 is 9.84 Å². The molecule has 1 aromatic heterocycles. The normalized spacial score (nSPS) is 12.1. The fraction of sp³-hybridized carbons (Fsp3) is 0.143. The number of rotatable bonds is 1. The molecule has 0 N–H and O–H groups in total. The molecule has 0 bridgehead atoms. The van der Waals surface area contributed by atoms with Crippen LogP contribution in [0.5, 0.6) is 0 Å².